The summed E-state index contributed by atoms with van der Waals surface area (Å²) in [6.07, 6.45) is 4.45. The second kappa shape index (κ2) is 9.82. The minimum absolute atomic E-state index is 0.0651. The fraction of sp³-hybridized carbons (Fsp3) is 0.136. The number of hydrogen-bond acceptors (Lipinski definition) is 5. The zero-order chi connectivity index (χ0) is 22.4. The molecule has 1 amide bonds. The first-order valence-corrected chi connectivity index (χ1v) is 11.2. The number of benzene rings is 2. The summed E-state index contributed by atoms with van der Waals surface area (Å²) in [7, 11) is 0.00552. The molecule has 0 atom stereocenters. The number of para-hydroxylation sites is 1. The van der Waals surface area contributed by atoms with Gasteiger partial charge in [0.15, 0.2) is 0 Å². The Balaban J connectivity index is 1.64. The summed E-state index contributed by atoms with van der Waals surface area (Å²) < 4.78 is 32.3. The minimum atomic E-state index is -3.67. The summed E-state index contributed by atoms with van der Waals surface area (Å²) >= 11 is 6.21. The highest BCUT2D eigenvalue weighted by Crippen LogP contribution is 2.32. The van der Waals surface area contributed by atoms with Crippen LogP contribution < -0.4 is 14.9 Å². The lowest BCUT2D eigenvalue weighted by Crippen LogP contribution is -2.22. The van der Waals surface area contributed by atoms with E-state index in [0.717, 1.165) is 0 Å². The summed E-state index contributed by atoms with van der Waals surface area (Å²) in [5.74, 6) is 0.188. The molecule has 31 heavy (non-hydrogen) atoms. The largest absolute Gasteiger partial charge is 0.468 e. The predicted molar refractivity (Wildman–Crippen MR) is 123 cm³/mol. The smallest absolute Gasteiger partial charge is 0.248 e. The Bertz CT molecular complexity index is 1170. The first-order valence-electron chi connectivity index (χ1n) is 9.33. The van der Waals surface area contributed by atoms with Crippen molar-refractivity contribution in [2.24, 2.45) is 0 Å². The lowest BCUT2D eigenvalue weighted by molar-refractivity contribution is -0.111. The van der Waals surface area contributed by atoms with Gasteiger partial charge in [-0.1, -0.05) is 29.8 Å². The molecule has 162 valence electrons. The van der Waals surface area contributed by atoms with Crippen molar-refractivity contribution in [3.8, 4) is 0 Å². The Morgan fingerprint density at radius 2 is 1.84 bits per heavy atom. The molecule has 0 bridgehead atoms. The second-order valence-electron chi connectivity index (χ2n) is 6.83. The Labute approximate surface area is 186 Å². The maximum absolute atomic E-state index is 12.4. The van der Waals surface area contributed by atoms with Gasteiger partial charge in [0, 0.05) is 20.2 Å². The molecule has 1 aromatic heterocycles. The van der Waals surface area contributed by atoms with Gasteiger partial charge in [0.1, 0.15) is 5.76 Å². The molecule has 2 N–H and O–H groups in total. The lowest BCUT2D eigenvalue weighted by Gasteiger charge is -2.18. The Morgan fingerprint density at radius 3 is 2.48 bits per heavy atom. The summed E-state index contributed by atoms with van der Waals surface area (Å²) in [4.78, 5) is 14.3. The number of carbonyl (C=O) groups excluding carboxylic acids is 1. The number of furan rings is 1. The third-order valence-corrected chi connectivity index (χ3v) is 6.05. The van der Waals surface area contributed by atoms with Crippen molar-refractivity contribution in [1.29, 1.82) is 0 Å². The van der Waals surface area contributed by atoms with E-state index in [9.17, 15) is 13.2 Å². The van der Waals surface area contributed by atoms with Crippen LogP contribution in [0.2, 0.25) is 5.02 Å². The molecule has 3 aromatic rings. The number of amides is 1. The van der Waals surface area contributed by atoms with Crippen molar-refractivity contribution in [3.63, 3.8) is 0 Å². The van der Waals surface area contributed by atoms with Crippen molar-refractivity contribution in [2.45, 2.75) is 11.4 Å². The average Bonchev–Trinajstić information content (AvgIpc) is 3.25. The highest BCUT2D eigenvalue weighted by Gasteiger charge is 2.14. The first-order chi connectivity index (χ1) is 14.8. The molecule has 0 aliphatic heterocycles. The van der Waals surface area contributed by atoms with E-state index in [-0.39, 0.29) is 17.3 Å². The average molecular weight is 460 g/mol. The van der Waals surface area contributed by atoms with Gasteiger partial charge < -0.3 is 14.6 Å². The lowest BCUT2D eigenvalue weighted by atomic mass is 10.2. The van der Waals surface area contributed by atoms with Crippen LogP contribution in [0.1, 0.15) is 11.3 Å². The van der Waals surface area contributed by atoms with Crippen LogP contribution in [0.3, 0.4) is 0 Å². The summed E-state index contributed by atoms with van der Waals surface area (Å²) in [5.41, 5.74) is 1.98. The van der Waals surface area contributed by atoms with E-state index in [1.807, 2.05) is 19.0 Å². The highest BCUT2D eigenvalue weighted by atomic mass is 35.5. The number of carbonyl (C=O) groups is 1. The number of sulfonamides is 1. The zero-order valence-corrected chi connectivity index (χ0v) is 18.6. The molecule has 2 aromatic carbocycles. The predicted octanol–water partition coefficient (Wildman–Crippen LogP) is 4.13. The van der Waals surface area contributed by atoms with E-state index in [1.54, 1.807) is 48.5 Å². The van der Waals surface area contributed by atoms with Crippen LogP contribution in [0, 0.1) is 0 Å². The van der Waals surface area contributed by atoms with Gasteiger partial charge in [-0.25, -0.2) is 13.1 Å². The van der Waals surface area contributed by atoms with Crippen LogP contribution in [0.15, 0.2) is 76.2 Å². The van der Waals surface area contributed by atoms with Crippen molar-refractivity contribution in [3.05, 3.63) is 83.3 Å². The number of halogens is 1. The van der Waals surface area contributed by atoms with Gasteiger partial charge in [-0.3, -0.25) is 4.79 Å². The highest BCUT2D eigenvalue weighted by molar-refractivity contribution is 7.89. The Kier molecular flexibility index (Phi) is 7.17. The third kappa shape index (κ3) is 5.97. The van der Waals surface area contributed by atoms with Crippen molar-refractivity contribution < 1.29 is 17.6 Å². The van der Waals surface area contributed by atoms with Crippen LogP contribution in [0.25, 0.3) is 6.08 Å². The van der Waals surface area contributed by atoms with Crippen LogP contribution >= 0.6 is 11.6 Å². The number of rotatable bonds is 8. The van der Waals surface area contributed by atoms with Crippen LogP contribution in [-0.4, -0.2) is 28.4 Å². The van der Waals surface area contributed by atoms with Gasteiger partial charge >= 0.3 is 0 Å². The molecule has 0 saturated carbocycles. The minimum Gasteiger partial charge on any atom is -0.468 e. The first kappa shape index (κ1) is 22.6. The molecule has 0 radical (unpaired) electrons. The molecule has 0 saturated heterocycles. The van der Waals surface area contributed by atoms with Crippen molar-refractivity contribution >= 4 is 45.0 Å². The van der Waals surface area contributed by atoms with E-state index in [1.165, 1.54) is 24.5 Å². The monoisotopic (exact) mass is 459 g/mol. The molecule has 1 heterocycles. The molecule has 0 aliphatic carbocycles. The molecule has 3 rings (SSSR count). The molecular formula is C22H22ClN3O4S. The summed E-state index contributed by atoms with van der Waals surface area (Å²) in [6.45, 7) is 0.0651. The van der Waals surface area contributed by atoms with Gasteiger partial charge in [-0.05, 0) is 48.0 Å². The van der Waals surface area contributed by atoms with Crippen LogP contribution in [0.5, 0.6) is 0 Å². The molecule has 0 aliphatic rings. The Hall–Kier alpha value is -3.07. The molecular weight excluding hydrogens is 438 g/mol. The number of nitrogens with one attached hydrogen (secondary N) is 2. The van der Waals surface area contributed by atoms with Crippen molar-refractivity contribution in [1.82, 2.24) is 4.72 Å². The normalized spacial score (nSPS) is 11.6. The quantitative estimate of drug-likeness (QED) is 0.494. The maximum Gasteiger partial charge on any atom is 0.248 e. The standard InChI is InChI=1S/C22H22ClN3O4S/c1-26(2)22-19(23)6-3-7-20(22)25-21(27)13-10-16-8-11-18(12-9-16)31(28,29)24-15-17-5-4-14-30-17/h3-14,24H,15H2,1-2H3,(H,25,27)/b13-10+. The number of anilines is 2. The van der Waals surface area contributed by atoms with E-state index in [2.05, 4.69) is 10.0 Å². The number of hydrogen-bond donors (Lipinski definition) is 2. The topological polar surface area (TPSA) is 91.7 Å². The van der Waals surface area contributed by atoms with E-state index >= 15 is 0 Å². The molecule has 0 unspecified atom stereocenters. The fourth-order valence-corrected chi connectivity index (χ4v) is 4.17. The second-order valence-corrected chi connectivity index (χ2v) is 9.00. The number of nitrogens with zero attached hydrogens (tertiary/aromatic N) is 1. The van der Waals surface area contributed by atoms with Crippen molar-refractivity contribution in [2.75, 3.05) is 24.3 Å². The zero-order valence-electron chi connectivity index (χ0n) is 17.0. The summed E-state index contributed by atoms with van der Waals surface area (Å²) in [5, 5.41) is 3.33. The van der Waals surface area contributed by atoms with Gasteiger partial charge in [-0.15, -0.1) is 0 Å². The van der Waals surface area contributed by atoms with Gasteiger partial charge in [0.25, 0.3) is 0 Å². The molecule has 0 spiro atoms. The van der Waals surface area contributed by atoms with E-state index < -0.39 is 10.0 Å². The van der Waals surface area contributed by atoms with E-state index in [0.29, 0.717) is 27.7 Å². The van der Waals surface area contributed by atoms with Crippen LogP contribution in [-0.2, 0) is 21.4 Å². The molecule has 7 nitrogen and oxygen atoms in total. The van der Waals surface area contributed by atoms with Crippen LogP contribution in [0.4, 0.5) is 11.4 Å². The molecule has 0 fully saturated rings. The Morgan fingerprint density at radius 1 is 1.10 bits per heavy atom. The molecule has 9 heteroatoms. The SMILES string of the molecule is CN(C)c1c(Cl)cccc1NC(=O)/C=C/c1ccc(S(=O)(=O)NCc2ccco2)cc1. The third-order valence-electron chi connectivity index (χ3n) is 4.33. The fourth-order valence-electron chi connectivity index (χ4n) is 2.84. The van der Waals surface area contributed by atoms with E-state index in [4.69, 9.17) is 16.0 Å². The summed E-state index contributed by atoms with van der Waals surface area (Å²) in [6, 6.07) is 14.8. The van der Waals surface area contributed by atoms with Gasteiger partial charge in [0.2, 0.25) is 15.9 Å². The van der Waals surface area contributed by atoms with Gasteiger partial charge in [-0.2, -0.15) is 0 Å². The van der Waals surface area contributed by atoms with Gasteiger partial charge in [0.05, 0.1) is 34.1 Å². The maximum atomic E-state index is 12.4.